The lowest BCUT2D eigenvalue weighted by Gasteiger charge is -2.06. The average molecular weight is 225 g/mol. The highest BCUT2D eigenvalue weighted by Crippen LogP contribution is 2.26. The molecule has 0 aliphatic rings. The van der Waals surface area contributed by atoms with E-state index in [1.165, 1.54) is 0 Å². The lowest BCUT2D eigenvalue weighted by Crippen LogP contribution is -1.95. The van der Waals surface area contributed by atoms with Gasteiger partial charge in [0, 0.05) is 17.8 Å². The third-order valence-electron chi connectivity index (χ3n) is 2.59. The van der Waals surface area contributed by atoms with Crippen molar-refractivity contribution in [2.75, 3.05) is 0 Å². The number of rotatable bonds is 3. The number of nitrogens with zero attached hydrogens (tertiary/aromatic N) is 1. The molecule has 0 saturated heterocycles. The van der Waals surface area contributed by atoms with E-state index in [0.717, 1.165) is 22.3 Å². The molecule has 0 fully saturated rings. The topological polar surface area (TPSA) is 35.3 Å². The van der Waals surface area contributed by atoms with E-state index in [2.05, 4.69) is 4.98 Å². The Morgan fingerprint density at radius 3 is 2.82 bits per heavy atom. The predicted molar refractivity (Wildman–Crippen MR) is 64.8 cm³/mol. The van der Waals surface area contributed by atoms with Crippen LogP contribution < -0.4 is 4.74 Å². The van der Waals surface area contributed by atoms with Crippen molar-refractivity contribution >= 4 is 11.0 Å². The Kier molecular flexibility index (Phi) is 2.50. The molecule has 3 rings (SSSR count). The molecule has 0 spiro atoms. The number of fused-ring (bicyclic) bond motifs is 1. The highest BCUT2D eigenvalue weighted by Gasteiger charge is 2.04. The minimum Gasteiger partial charge on any atom is -0.485 e. The van der Waals surface area contributed by atoms with Crippen LogP contribution in [-0.4, -0.2) is 4.98 Å². The molecule has 0 N–H and O–H groups in total. The fraction of sp³-hybridized carbons (Fsp3) is 0.0714. The first-order valence-corrected chi connectivity index (χ1v) is 5.41. The van der Waals surface area contributed by atoms with E-state index in [0.29, 0.717) is 6.61 Å². The summed E-state index contributed by atoms with van der Waals surface area (Å²) in [5.74, 6) is 0.768. The Morgan fingerprint density at radius 2 is 1.94 bits per heavy atom. The summed E-state index contributed by atoms with van der Waals surface area (Å²) in [5, 5.41) is 1.05. The minimum absolute atomic E-state index is 0.516. The van der Waals surface area contributed by atoms with Gasteiger partial charge in [-0.05, 0) is 29.8 Å². The van der Waals surface area contributed by atoms with Crippen LogP contribution in [0.3, 0.4) is 0 Å². The zero-order valence-electron chi connectivity index (χ0n) is 9.17. The van der Waals surface area contributed by atoms with Gasteiger partial charge in [0.15, 0.2) is 11.3 Å². The van der Waals surface area contributed by atoms with Gasteiger partial charge in [0.05, 0.1) is 6.26 Å². The molecule has 0 aliphatic carbocycles. The molecule has 0 unspecified atom stereocenters. The lowest BCUT2D eigenvalue weighted by atomic mass is 10.2. The second-order valence-corrected chi connectivity index (χ2v) is 3.74. The van der Waals surface area contributed by atoms with Crippen molar-refractivity contribution in [3.8, 4) is 5.75 Å². The van der Waals surface area contributed by atoms with Crippen LogP contribution in [0.1, 0.15) is 5.56 Å². The predicted octanol–water partition coefficient (Wildman–Crippen LogP) is 3.41. The van der Waals surface area contributed by atoms with Gasteiger partial charge in [0.25, 0.3) is 0 Å². The average Bonchev–Trinajstić information content (AvgIpc) is 2.86. The van der Waals surface area contributed by atoms with Crippen molar-refractivity contribution in [1.82, 2.24) is 4.98 Å². The van der Waals surface area contributed by atoms with Crippen molar-refractivity contribution in [2.24, 2.45) is 0 Å². The molecule has 2 heterocycles. The maximum atomic E-state index is 5.74. The van der Waals surface area contributed by atoms with Crippen molar-refractivity contribution in [3.05, 3.63) is 60.6 Å². The molecule has 2 aromatic heterocycles. The summed E-state index contributed by atoms with van der Waals surface area (Å²) in [6, 6.07) is 11.7. The number of para-hydroxylation sites is 1. The molecule has 3 heteroatoms. The zero-order chi connectivity index (χ0) is 11.5. The van der Waals surface area contributed by atoms with E-state index in [9.17, 15) is 0 Å². The molecule has 0 saturated carbocycles. The first kappa shape index (κ1) is 9.90. The Labute approximate surface area is 98.7 Å². The monoisotopic (exact) mass is 225 g/mol. The van der Waals surface area contributed by atoms with Crippen LogP contribution in [0.5, 0.6) is 5.75 Å². The molecule has 0 bridgehead atoms. The van der Waals surface area contributed by atoms with Gasteiger partial charge in [0.2, 0.25) is 0 Å². The molecule has 1 aromatic carbocycles. The Hall–Kier alpha value is -2.29. The molecule has 3 nitrogen and oxygen atoms in total. The van der Waals surface area contributed by atoms with Gasteiger partial charge in [-0.15, -0.1) is 0 Å². The number of hydrogen-bond acceptors (Lipinski definition) is 3. The summed E-state index contributed by atoms with van der Waals surface area (Å²) in [6.45, 7) is 0.516. The summed E-state index contributed by atoms with van der Waals surface area (Å²) < 4.78 is 11.1. The van der Waals surface area contributed by atoms with E-state index < -0.39 is 0 Å². The van der Waals surface area contributed by atoms with E-state index in [1.54, 1.807) is 18.7 Å². The molecular formula is C14H11NO2. The number of benzene rings is 1. The number of pyridine rings is 1. The summed E-state index contributed by atoms with van der Waals surface area (Å²) in [7, 11) is 0. The maximum Gasteiger partial charge on any atom is 0.175 e. The molecule has 0 atom stereocenters. The molecular weight excluding hydrogens is 214 g/mol. The summed E-state index contributed by atoms with van der Waals surface area (Å²) in [5.41, 5.74) is 1.88. The zero-order valence-corrected chi connectivity index (χ0v) is 9.17. The molecule has 84 valence electrons. The van der Waals surface area contributed by atoms with Crippen LogP contribution in [0.4, 0.5) is 0 Å². The number of ether oxygens (including phenoxy) is 1. The van der Waals surface area contributed by atoms with Gasteiger partial charge >= 0.3 is 0 Å². The number of furan rings is 1. The largest absolute Gasteiger partial charge is 0.485 e. The SMILES string of the molecule is c1cc(OCc2ccncc2)c2occc2c1. The van der Waals surface area contributed by atoms with Gasteiger partial charge in [-0.1, -0.05) is 12.1 Å². The normalized spacial score (nSPS) is 10.6. The van der Waals surface area contributed by atoms with Crippen LogP contribution in [0.2, 0.25) is 0 Å². The molecule has 0 amide bonds. The fourth-order valence-electron chi connectivity index (χ4n) is 1.72. The highest BCUT2D eigenvalue weighted by molar-refractivity contribution is 5.82. The van der Waals surface area contributed by atoms with Crippen LogP contribution in [-0.2, 0) is 6.61 Å². The van der Waals surface area contributed by atoms with Crippen molar-refractivity contribution in [1.29, 1.82) is 0 Å². The summed E-state index contributed by atoms with van der Waals surface area (Å²) >= 11 is 0. The Morgan fingerprint density at radius 1 is 1.06 bits per heavy atom. The van der Waals surface area contributed by atoms with Gasteiger partial charge in [-0.2, -0.15) is 0 Å². The van der Waals surface area contributed by atoms with Crippen molar-refractivity contribution in [2.45, 2.75) is 6.61 Å². The maximum absolute atomic E-state index is 5.74. The summed E-state index contributed by atoms with van der Waals surface area (Å²) in [6.07, 6.45) is 5.18. The van der Waals surface area contributed by atoms with Gasteiger partial charge in [-0.25, -0.2) is 0 Å². The third kappa shape index (κ3) is 1.99. The van der Waals surface area contributed by atoms with Crippen molar-refractivity contribution < 1.29 is 9.15 Å². The van der Waals surface area contributed by atoms with E-state index in [1.807, 2.05) is 36.4 Å². The summed E-state index contributed by atoms with van der Waals surface area (Å²) in [4.78, 5) is 3.97. The smallest absolute Gasteiger partial charge is 0.175 e. The second-order valence-electron chi connectivity index (χ2n) is 3.74. The third-order valence-corrected chi connectivity index (χ3v) is 2.59. The van der Waals surface area contributed by atoms with Crippen LogP contribution in [0.15, 0.2) is 59.5 Å². The van der Waals surface area contributed by atoms with Gasteiger partial charge in [0.1, 0.15) is 6.61 Å². The van der Waals surface area contributed by atoms with Crippen LogP contribution in [0.25, 0.3) is 11.0 Å². The van der Waals surface area contributed by atoms with E-state index in [4.69, 9.17) is 9.15 Å². The molecule has 0 radical (unpaired) electrons. The van der Waals surface area contributed by atoms with E-state index >= 15 is 0 Å². The fourth-order valence-corrected chi connectivity index (χ4v) is 1.72. The standard InChI is InChI=1S/C14H11NO2/c1-2-12-6-9-16-14(12)13(3-1)17-10-11-4-7-15-8-5-11/h1-9H,10H2. The molecule has 17 heavy (non-hydrogen) atoms. The minimum atomic E-state index is 0.516. The quantitative estimate of drug-likeness (QED) is 0.685. The highest BCUT2D eigenvalue weighted by atomic mass is 16.5. The first-order chi connectivity index (χ1) is 8.43. The Bertz CT molecular complexity index is 616. The number of hydrogen-bond donors (Lipinski definition) is 0. The Balaban J connectivity index is 1.84. The van der Waals surface area contributed by atoms with Crippen molar-refractivity contribution in [3.63, 3.8) is 0 Å². The van der Waals surface area contributed by atoms with Crippen LogP contribution >= 0.6 is 0 Å². The van der Waals surface area contributed by atoms with Gasteiger partial charge in [-0.3, -0.25) is 4.98 Å². The molecule has 3 aromatic rings. The van der Waals surface area contributed by atoms with Crippen LogP contribution in [0, 0.1) is 0 Å². The first-order valence-electron chi connectivity index (χ1n) is 5.41. The molecule has 0 aliphatic heterocycles. The number of aromatic nitrogens is 1. The second kappa shape index (κ2) is 4.29. The lowest BCUT2D eigenvalue weighted by molar-refractivity contribution is 0.305. The van der Waals surface area contributed by atoms with Gasteiger partial charge < -0.3 is 9.15 Å². The van der Waals surface area contributed by atoms with E-state index in [-0.39, 0.29) is 0 Å².